The topological polar surface area (TPSA) is 24.9 Å². The Bertz CT molecular complexity index is 495. The maximum Gasteiger partial charge on any atom is 0.416 e. The maximum atomic E-state index is 12.5. The summed E-state index contributed by atoms with van der Waals surface area (Å²) in [5.41, 5.74) is -0.367. The highest BCUT2D eigenvalue weighted by Gasteiger charge is 2.30. The summed E-state index contributed by atoms with van der Waals surface area (Å²) in [6, 6.07) is 11.0. The van der Waals surface area contributed by atoms with E-state index in [1.165, 1.54) is 18.3 Å². The van der Waals surface area contributed by atoms with E-state index >= 15 is 0 Å². The molecule has 0 aliphatic heterocycles. The molecule has 17 heavy (non-hydrogen) atoms. The predicted octanol–water partition coefficient (Wildman–Crippen LogP) is 3.64. The highest BCUT2D eigenvalue weighted by Crippen LogP contribution is 2.31. The second-order valence-corrected chi connectivity index (χ2v) is 3.33. The Balaban J connectivity index is 2.23. The monoisotopic (exact) mass is 237 g/mol. The molecule has 0 atom stereocenters. The molecule has 1 heterocycles. The maximum absolute atomic E-state index is 12.5. The fraction of sp³-hybridized carbons (Fsp3) is 0.0833. The fourth-order valence-electron chi connectivity index (χ4n) is 1.30. The fourth-order valence-corrected chi connectivity index (χ4v) is 1.30. The Kier molecular flexibility index (Phi) is 2.99. The molecule has 2 aromatic rings. The quantitative estimate of drug-likeness (QED) is 0.862. The van der Waals surface area contributed by atoms with Crippen LogP contribution in [0.3, 0.4) is 0 Å². The summed E-state index contributed by atoms with van der Waals surface area (Å²) >= 11 is 0. The van der Waals surface area contributed by atoms with Gasteiger partial charge in [-0.25, -0.2) is 4.98 Å². The van der Waals surface area contributed by atoms with E-state index in [4.69, 9.17) is 0 Å². The molecule has 0 unspecified atom stereocenters. The van der Waals surface area contributed by atoms with Crippen molar-refractivity contribution in [3.05, 3.63) is 54.2 Å². The van der Waals surface area contributed by atoms with E-state index in [2.05, 4.69) is 16.4 Å². The highest BCUT2D eigenvalue weighted by atomic mass is 19.4. The number of anilines is 2. The first kappa shape index (κ1) is 11.4. The number of pyridine rings is 1. The number of benzene rings is 1. The summed E-state index contributed by atoms with van der Waals surface area (Å²) in [5, 5.41) is 2.75. The molecule has 0 fully saturated rings. The van der Waals surface area contributed by atoms with E-state index in [0.29, 0.717) is 11.5 Å². The Morgan fingerprint density at radius 1 is 1.18 bits per heavy atom. The van der Waals surface area contributed by atoms with Gasteiger partial charge in [0.1, 0.15) is 5.82 Å². The van der Waals surface area contributed by atoms with Gasteiger partial charge in [-0.1, -0.05) is 6.07 Å². The van der Waals surface area contributed by atoms with Crippen molar-refractivity contribution in [2.24, 2.45) is 0 Å². The summed E-state index contributed by atoms with van der Waals surface area (Å²) in [4.78, 5) is 3.92. The number of hydrogen-bond donors (Lipinski definition) is 1. The van der Waals surface area contributed by atoms with Crippen molar-refractivity contribution in [3.63, 3.8) is 0 Å². The van der Waals surface area contributed by atoms with E-state index in [-0.39, 0.29) is 0 Å². The number of halogens is 3. The van der Waals surface area contributed by atoms with E-state index in [1.807, 2.05) is 0 Å². The molecular formula is C12H8F3N2. The minimum absolute atomic E-state index is 0.328. The third kappa shape index (κ3) is 2.96. The summed E-state index contributed by atoms with van der Waals surface area (Å²) < 4.78 is 37.4. The second kappa shape index (κ2) is 4.45. The highest BCUT2D eigenvalue weighted by molar-refractivity contribution is 5.56. The molecule has 0 aliphatic rings. The lowest BCUT2D eigenvalue weighted by Crippen LogP contribution is -2.05. The van der Waals surface area contributed by atoms with Gasteiger partial charge < -0.3 is 5.32 Å². The van der Waals surface area contributed by atoms with Crippen molar-refractivity contribution in [1.29, 1.82) is 0 Å². The summed E-state index contributed by atoms with van der Waals surface area (Å²) in [6.45, 7) is 0. The van der Waals surface area contributed by atoms with Crippen LogP contribution < -0.4 is 5.32 Å². The SMILES string of the molecule is FC(F)(F)c1cccc(Nc2[c]cccn2)c1. The lowest BCUT2D eigenvalue weighted by molar-refractivity contribution is -0.137. The van der Waals surface area contributed by atoms with Crippen LogP contribution in [0.2, 0.25) is 0 Å². The van der Waals surface area contributed by atoms with Gasteiger partial charge in [0.15, 0.2) is 0 Å². The van der Waals surface area contributed by atoms with Crippen LogP contribution in [-0.2, 0) is 6.18 Å². The van der Waals surface area contributed by atoms with E-state index in [0.717, 1.165) is 12.1 Å². The van der Waals surface area contributed by atoms with Gasteiger partial charge in [-0.3, -0.25) is 0 Å². The van der Waals surface area contributed by atoms with Crippen LogP contribution in [0.5, 0.6) is 0 Å². The molecule has 1 aromatic heterocycles. The zero-order valence-corrected chi connectivity index (χ0v) is 8.62. The van der Waals surface area contributed by atoms with Crippen molar-refractivity contribution in [1.82, 2.24) is 4.98 Å². The number of nitrogens with one attached hydrogen (secondary N) is 1. The molecule has 0 amide bonds. The number of hydrogen-bond acceptors (Lipinski definition) is 2. The van der Waals surface area contributed by atoms with Crippen LogP contribution in [0, 0.1) is 6.07 Å². The number of rotatable bonds is 2. The third-order valence-electron chi connectivity index (χ3n) is 2.06. The number of aromatic nitrogens is 1. The smallest absolute Gasteiger partial charge is 0.340 e. The molecule has 0 saturated heterocycles. The van der Waals surface area contributed by atoms with E-state index in [1.54, 1.807) is 12.1 Å². The standard InChI is InChI=1S/C12H8F3N2/c13-12(14,15)9-4-3-5-10(8-9)17-11-6-1-2-7-16-11/h1-5,7-8H,(H,16,17). The van der Waals surface area contributed by atoms with Crippen molar-refractivity contribution in [2.75, 3.05) is 5.32 Å². The zero-order chi connectivity index (χ0) is 12.3. The summed E-state index contributed by atoms with van der Waals surface area (Å²) in [5.74, 6) is 0.381. The lowest BCUT2D eigenvalue weighted by Gasteiger charge is -2.09. The predicted molar refractivity (Wildman–Crippen MR) is 57.8 cm³/mol. The van der Waals surface area contributed by atoms with Crippen LogP contribution in [0.25, 0.3) is 0 Å². The van der Waals surface area contributed by atoms with Gasteiger partial charge in [0.2, 0.25) is 0 Å². The third-order valence-corrected chi connectivity index (χ3v) is 2.06. The van der Waals surface area contributed by atoms with Gasteiger partial charge in [-0.15, -0.1) is 0 Å². The van der Waals surface area contributed by atoms with Crippen LogP contribution in [0.15, 0.2) is 42.6 Å². The zero-order valence-electron chi connectivity index (χ0n) is 8.62. The average Bonchev–Trinajstić information content (AvgIpc) is 2.29. The second-order valence-electron chi connectivity index (χ2n) is 3.33. The van der Waals surface area contributed by atoms with Crippen LogP contribution >= 0.6 is 0 Å². The molecule has 1 aromatic carbocycles. The Morgan fingerprint density at radius 3 is 2.65 bits per heavy atom. The van der Waals surface area contributed by atoms with Crippen molar-refractivity contribution < 1.29 is 13.2 Å². The first-order valence-corrected chi connectivity index (χ1v) is 4.83. The van der Waals surface area contributed by atoms with E-state index in [9.17, 15) is 13.2 Å². The van der Waals surface area contributed by atoms with E-state index < -0.39 is 11.7 Å². The minimum Gasteiger partial charge on any atom is -0.340 e. The first-order valence-electron chi connectivity index (χ1n) is 4.83. The van der Waals surface area contributed by atoms with Gasteiger partial charge >= 0.3 is 6.18 Å². The molecule has 0 bridgehead atoms. The molecule has 0 saturated carbocycles. The molecule has 2 rings (SSSR count). The van der Waals surface area contributed by atoms with Gasteiger partial charge in [0, 0.05) is 18.0 Å². The number of alkyl halides is 3. The molecule has 87 valence electrons. The average molecular weight is 237 g/mol. The molecular weight excluding hydrogens is 229 g/mol. The molecule has 5 heteroatoms. The van der Waals surface area contributed by atoms with Crippen LogP contribution in [0.1, 0.15) is 5.56 Å². The Morgan fingerprint density at radius 2 is 2.00 bits per heavy atom. The summed E-state index contributed by atoms with van der Waals surface area (Å²) in [7, 11) is 0. The van der Waals surface area contributed by atoms with Gasteiger partial charge in [0.05, 0.1) is 5.56 Å². The lowest BCUT2D eigenvalue weighted by atomic mass is 10.2. The first-order chi connectivity index (χ1) is 8.05. The Hall–Kier alpha value is -2.04. The van der Waals surface area contributed by atoms with Crippen LogP contribution in [-0.4, -0.2) is 4.98 Å². The minimum atomic E-state index is -4.34. The molecule has 1 N–H and O–H groups in total. The molecule has 2 nitrogen and oxygen atoms in total. The van der Waals surface area contributed by atoms with Crippen molar-refractivity contribution in [3.8, 4) is 0 Å². The summed E-state index contributed by atoms with van der Waals surface area (Å²) in [6.07, 6.45) is -2.81. The van der Waals surface area contributed by atoms with Crippen molar-refractivity contribution in [2.45, 2.75) is 6.18 Å². The Labute approximate surface area is 96.1 Å². The van der Waals surface area contributed by atoms with Crippen molar-refractivity contribution >= 4 is 11.5 Å². The van der Waals surface area contributed by atoms with Gasteiger partial charge in [-0.05, 0) is 30.3 Å². The molecule has 0 aliphatic carbocycles. The van der Waals surface area contributed by atoms with Gasteiger partial charge in [0.25, 0.3) is 0 Å². The molecule has 0 spiro atoms. The van der Waals surface area contributed by atoms with Crippen LogP contribution in [0.4, 0.5) is 24.7 Å². The molecule has 1 radical (unpaired) electrons. The largest absolute Gasteiger partial charge is 0.416 e. The normalized spacial score (nSPS) is 11.2. The number of nitrogens with zero attached hydrogens (tertiary/aromatic N) is 1. The van der Waals surface area contributed by atoms with Gasteiger partial charge in [-0.2, -0.15) is 13.2 Å².